The lowest BCUT2D eigenvalue weighted by Crippen LogP contribution is -2.47. The molecule has 0 saturated carbocycles. The molecule has 0 aromatic carbocycles. The molecule has 3 rings (SSSR count). The van der Waals surface area contributed by atoms with Crippen molar-refractivity contribution in [1.29, 1.82) is 0 Å². The molecule has 2 saturated heterocycles. The summed E-state index contributed by atoms with van der Waals surface area (Å²) < 4.78 is 9.97. The van der Waals surface area contributed by atoms with Crippen LogP contribution in [0.25, 0.3) is 0 Å². The van der Waals surface area contributed by atoms with Gasteiger partial charge in [-0.2, -0.15) is 4.98 Å². The third kappa shape index (κ3) is 3.70. The summed E-state index contributed by atoms with van der Waals surface area (Å²) in [7, 11) is 1.36. The van der Waals surface area contributed by atoms with Crippen LogP contribution >= 0.6 is 0 Å². The van der Waals surface area contributed by atoms with Gasteiger partial charge in [-0.15, -0.1) is 0 Å². The predicted molar refractivity (Wildman–Crippen MR) is 85.9 cm³/mol. The molecule has 3 heterocycles. The number of carbonyl (C=O) groups excluding carboxylic acids is 1. The van der Waals surface area contributed by atoms with E-state index in [1.54, 1.807) is 6.07 Å². The van der Waals surface area contributed by atoms with E-state index in [0.717, 1.165) is 32.7 Å². The highest BCUT2D eigenvalue weighted by atomic mass is 16.5. The van der Waals surface area contributed by atoms with Gasteiger partial charge in [0.2, 0.25) is 5.95 Å². The van der Waals surface area contributed by atoms with Gasteiger partial charge < -0.3 is 24.6 Å². The third-order valence-electron chi connectivity index (χ3n) is 4.20. The molecular formula is C15H23N5O3. The van der Waals surface area contributed by atoms with Crippen molar-refractivity contribution < 1.29 is 14.3 Å². The van der Waals surface area contributed by atoms with E-state index in [-0.39, 0.29) is 11.7 Å². The molecule has 0 amide bonds. The van der Waals surface area contributed by atoms with Gasteiger partial charge in [0.05, 0.1) is 26.4 Å². The first-order valence-electron chi connectivity index (χ1n) is 7.98. The Balaban J connectivity index is 1.79. The van der Waals surface area contributed by atoms with Gasteiger partial charge in [0.25, 0.3) is 0 Å². The molecule has 0 atom stereocenters. The summed E-state index contributed by atoms with van der Waals surface area (Å²) in [5, 5.41) is 3.28. The molecule has 23 heavy (non-hydrogen) atoms. The molecule has 0 unspecified atom stereocenters. The van der Waals surface area contributed by atoms with Gasteiger partial charge in [-0.1, -0.05) is 6.92 Å². The van der Waals surface area contributed by atoms with Gasteiger partial charge in [-0.3, -0.25) is 0 Å². The molecule has 0 bridgehead atoms. The standard InChI is InChI=1S/C15H23N5O3/c1-3-19-4-6-20(7-5-19)15-17-12(14(21)22-2)8-13(18-15)16-11-9-23-10-11/h8,11H,3-7,9-10H2,1-2H3,(H,16,17,18). The van der Waals surface area contributed by atoms with Crippen LogP contribution in [0.15, 0.2) is 6.07 Å². The SMILES string of the molecule is CCN1CCN(c2nc(NC3COC3)cc(C(=O)OC)n2)CC1. The number of carbonyl (C=O) groups is 1. The minimum absolute atomic E-state index is 0.236. The fourth-order valence-corrected chi connectivity index (χ4v) is 2.65. The number of ether oxygens (including phenoxy) is 2. The quantitative estimate of drug-likeness (QED) is 0.771. The lowest BCUT2D eigenvalue weighted by Gasteiger charge is -2.34. The smallest absolute Gasteiger partial charge is 0.356 e. The van der Waals surface area contributed by atoms with Crippen molar-refractivity contribution in [3.8, 4) is 0 Å². The minimum Gasteiger partial charge on any atom is -0.464 e. The molecule has 126 valence electrons. The molecule has 0 aliphatic carbocycles. The monoisotopic (exact) mass is 321 g/mol. The summed E-state index contributed by atoms with van der Waals surface area (Å²) in [6, 6.07) is 1.87. The number of likely N-dealkylation sites (N-methyl/N-ethyl adjacent to an activating group) is 1. The molecule has 2 aliphatic rings. The third-order valence-corrected chi connectivity index (χ3v) is 4.20. The molecule has 1 N–H and O–H groups in total. The number of nitrogens with zero attached hydrogens (tertiary/aromatic N) is 4. The van der Waals surface area contributed by atoms with Crippen LogP contribution in [0.5, 0.6) is 0 Å². The summed E-state index contributed by atoms with van der Waals surface area (Å²) in [6.45, 7) is 8.17. The van der Waals surface area contributed by atoms with Gasteiger partial charge in [-0.05, 0) is 6.54 Å². The van der Waals surface area contributed by atoms with E-state index in [9.17, 15) is 4.79 Å². The minimum atomic E-state index is -0.450. The van der Waals surface area contributed by atoms with Crippen molar-refractivity contribution >= 4 is 17.7 Å². The van der Waals surface area contributed by atoms with Crippen LogP contribution in [0.4, 0.5) is 11.8 Å². The van der Waals surface area contributed by atoms with Gasteiger partial charge in [0, 0.05) is 32.2 Å². The lowest BCUT2D eigenvalue weighted by molar-refractivity contribution is 0.0209. The molecule has 1 aromatic heterocycles. The first-order chi connectivity index (χ1) is 11.2. The molecule has 2 aliphatic heterocycles. The molecule has 0 spiro atoms. The molecule has 1 aromatic rings. The van der Waals surface area contributed by atoms with E-state index < -0.39 is 5.97 Å². The zero-order chi connectivity index (χ0) is 16.2. The predicted octanol–water partition coefficient (Wildman–Crippen LogP) is 0.216. The van der Waals surface area contributed by atoms with Crippen molar-refractivity contribution in [3.63, 3.8) is 0 Å². The van der Waals surface area contributed by atoms with Crippen LogP contribution in [0.3, 0.4) is 0 Å². The number of hydrogen-bond acceptors (Lipinski definition) is 8. The molecule has 2 fully saturated rings. The maximum atomic E-state index is 11.9. The van der Waals surface area contributed by atoms with E-state index in [1.807, 2.05) is 0 Å². The average molecular weight is 321 g/mol. The Morgan fingerprint density at radius 3 is 2.65 bits per heavy atom. The van der Waals surface area contributed by atoms with Crippen LogP contribution in [-0.4, -0.2) is 79.9 Å². The highest BCUT2D eigenvalue weighted by molar-refractivity contribution is 5.88. The summed E-state index contributed by atoms with van der Waals surface area (Å²) in [5.41, 5.74) is 0.276. The fraction of sp³-hybridized carbons (Fsp3) is 0.667. The number of nitrogens with one attached hydrogen (secondary N) is 1. The summed E-state index contributed by atoms with van der Waals surface area (Å²) >= 11 is 0. The largest absolute Gasteiger partial charge is 0.464 e. The second kappa shape index (κ2) is 7.10. The average Bonchev–Trinajstić information content (AvgIpc) is 2.57. The number of anilines is 2. The molecule has 8 heteroatoms. The first-order valence-corrected chi connectivity index (χ1v) is 7.98. The van der Waals surface area contributed by atoms with Crippen LogP contribution in [0.2, 0.25) is 0 Å². The summed E-state index contributed by atoms with van der Waals surface area (Å²) in [4.78, 5) is 25.3. The Labute approximate surface area is 135 Å². The van der Waals surface area contributed by atoms with Crippen LogP contribution in [-0.2, 0) is 9.47 Å². The number of piperazine rings is 1. The number of methoxy groups -OCH3 is 1. The maximum absolute atomic E-state index is 11.9. The van der Waals surface area contributed by atoms with Crippen molar-refractivity contribution in [3.05, 3.63) is 11.8 Å². The van der Waals surface area contributed by atoms with Gasteiger partial charge in [0.1, 0.15) is 5.82 Å². The number of esters is 1. The molecular weight excluding hydrogens is 298 g/mol. The molecule has 0 radical (unpaired) electrons. The van der Waals surface area contributed by atoms with Gasteiger partial charge in [-0.25, -0.2) is 9.78 Å². The zero-order valence-electron chi connectivity index (χ0n) is 13.6. The Morgan fingerprint density at radius 2 is 2.09 bits per heavy atom. The second-order valence-corrected chi connectivity index (χ2v) is 5.73. The Kier molecular flexibility index (Phi) is 4.92. The van der Waals surface area contributed by atoms with E-state index in [0.29, 0.717) is 25.0 Å². The summed E-state index contributed by atoms with van der Waals surface area (Å²) in [5.74, 6) is 0.766. The van der Waals surface area contributed by atoms with E-state index in [1.165, 1.54) is 7.11 Å². The lowest BCUT2D eigenvalue weighted by atomic mass is 10.2. The highest BCUT2D eigenvalue weighted by Crippen LogP contribution is 2.18. The fourth-order valence-electron chi connectivity index (χ4n) is 2.65. The maximum Gasteiger partial charge on any atom is 0.356 e. The number of aromatic nitrogens is 2. The Hall–Kier alpha value is -1.93. The number of rotatable bonds is 5. The van der Waals surface area contributed by atoms with Crippen molar-refractivity contribution in [1.82, 2.24) is 14.9 Å². The van der Waals surface area contributed by atoms with Crippen molar-refractivity contribution in [2.45, 2.75) is 13.0 Å². The van der Waals surface area contributed by atoms with E-state index in [2.05, 4.69) is 32.0 Å². The van der Waals surface area contributed by atoms with E-state index >= 15 is 0 Å². The van der Waals surface area contributed by atoms with Crippen molar-refractivity contribution in [2.24, 2.45) is 0 Å². The second-order valence-electron chi connectivity index (χ2n) is 5.73. The number of hydrogen-bond donors (Lipinski definition) is 1. The Morgan fingerprint density at radius 1 is 1.35 bits per heavy atom. The summed E-state index contributed by atoms with van der Waals surface area (Å²) in [6.07, 6.45) is 0. The van der Waals surface area contributed by atoms with Gasteiger partial charge >= 0.3 is 5.97 Å². The van der Waals surface area contributed by atoms with Crippen LogP contribution in [0, 0.1) is 0 Å². The van der Waals surface area contributed by atoms with Crippen LogP contribution < -0.4 is 10.2 Å². The normalized spacial score (nSPS) is 19.3. The Bertz CT molecular complexity index is 556. The van der Waals surface area contributed by atoms with E-state index in [4.69, 9.17) is 9.47 Å². The van der Waals surface area contributed by atoms with Crippen molar-refractivity contribution in [2.75, 3.05) is 63.3 Å². The topological polar surface area (TPSA) is 79.8 Å². The van der Waals surface area contributed by atoms with Crippen LogP contribution in [0.1, 0.15) is 17.4 Å². The molecule has 8 nitrogen and oxygen atoms in total. The highest BCUT2D eigenvalue weighted by Gasteiger charge is 2.23. The van der Waals surface area contributed by atoms with Gasteiger partial charge in [0.15, 0.2) is 5.69 Å². The first kappa shape index (κ1) is 15.9. The zero-order valence-corrected chi connectivity index (χ0v) is 13.6.